The molecule has 1 aromatic carbocycles. The third kappa shape index (κ3) is 1.59. The van der Waals surface area contributed by atoms with Crippen LogP contribution in [0.3, 0.4) is 0 Å². The van der Waals surface area contributed by atoms with Crippen LogP contribution in [0.4, 0.5) is 0 Å². The number of fused-ring (bicyclic) bond motifs is 1. The second-order valence-corrected chi connectivity index (χ2v) is 3.83. The normalized spacial score (nSPS) is 10.7. The summed E-state index contributed by atoms with van der Waals surface area (Å²) < 4.78 is 9.63. The SMILES string of the molecule is c1ccc2[nH]c(Oc3ccsn3)cc2c1. The van der Waals surface area contributed by atoms with Crippen molar-refractivity contribution in [3.8, 4) is 11.8 Å². The number of aromatic nitrogens is 2. The van der Waals surface area contributed by atoms with Crippen molar-refractivity contribution in [2.75, 3.05) is 0 Å². The highest BCUT2D eigenvalue weighted by Gasteiger charge is 2.02. The Morgan fingerprint density at radius 3 is 2.93 bits per heavy atom. The minimum Gasteiger partial charge on any atom is -0.422 e. The molecule has 0 radical (unpaired) electrons. The number of rotatable bonds is 2. The molecule has 74 valence electrons. The van der Waals surface area contributed by atoms with E-state index in [0.717, 1.165) is 16.8 Å². The number of ether oxygens (including phenoxy) is 1. The predicted molar refractivity (Wildman–Crippen MR) is 60.5 cm³/mol. The van der Waals surface area contributed by atoms with Crippen molar-refractivity contribution in [1.82, 2.24) is 9.36 Å². The van der Waals surface area contributed by atoms with E-state index in [0.29, 0.717) is 5.88 Å². The third-order valence-corrected chi connectivity index (χ3v) is 2.68. The van der Waals surface area contributed by atoms with Crippen LogP contribution in [0.5, 0.6) is 11.8 Å². The van der Waals surface area contributed by atoms with Gasteiger partial charge >= 0.3 is 0 Å². The van der Waals surface area contributed by atoms with Gasteiger partial charge in [0.2, 0.25) is 11.8 Å². The average Bonchev–Trinajstić information content (AvgIpc) is 2.86. The lowest BCUT2D eigenvalue weighted by Gasteiger charge is -1.95. The summed E-state index contributed by atoms with van der Waals surface area (Å²) in [5.74, 6) is 1.36. The lowest BCUT2D eigenvalue weighted by Crippen LogP contribution is -1.81. The van der Waals surface area contributed by atoms with Crippen LogP contribution in [0.2, 0.25) is 0 Å². The van der Waals surface area contributed by atoms with E-state index in [1.54, 1.807) is 0 Å². The predicted octanol–water partition coefficient (Wildman–Crippen LogP) is 3.42. The molecule has 0 atom stereocenters. The van der Waals surface area contributed by atoms with Crippen molar-refractivity contribution in [2.45, 2.75) is 0 Å². The van der Waals surface area contributed by atoms with Crippen LogP contribution in [-0.2, 0) is 0 Å². The Labute approximate surface area is 90.5 Å². The summed E-state index contributed by atoms with van der Waals surface area (Å²) in [5.41, 5.74) is 1.07. The molecule has 4 heteroatoms. The molecule has 0 saturated heterocycles. The van der Waals surface area contributed by atoms with Crippen LogP contribution < -0.4 is 4.74 Å². The van der Waals surface area contributed by atoms with E-state index in [1.807, 2.05) is 41.8 Å². The van der Waals surface area contributed by atoms with Crippen LogP contribution in [0, 0.1) is 0 Å². The van der Waals surface area contributed by atoms with Crippen molar-refractivity contribution in [3.05, 3.63) is 41.8 Å². The van der Waals surface area contributed by atoms with Crippen molar-refractivity contribution < 1.29 is 4.74 Å². The van der Waals surface area contributed by atoms with Gasteiger partial charge < -0.3 is 9.72 Å². The highest BCUT2D eigenvalue weighted by atomic mass is 32.1. The molecule has 0 spiro atoms. The van der Waals surface area contributed by atoms with Gasteiger partial charge in [0.05, 0.1) is 0 Å². The third-order valence-electron chi connectivity index (χ3n) is 2.13. The Hall–Kier alpha value is -1.81. The number of nitrogens with one attached hydrogen (secondary N) is 1. The summed E-state index contributed by atoms with van der Waals surface area (Å²) in [6.07, 6.45) is 0. The summed E-state index contributed by atoms with van der Waals surface area (Å²) in [6.45, 7) is 0. The summed E-state index contributed by atoms with van der Waals surface area (Å²) in [4.78, 5) is 3.18. The van der Waals surface area contributed by atoms with Gasteiger partial charge in [0.25, 0.3) is 0 Å². The van der Waals surface area contributed by atoms with E-state index >= 15 is 0 Å². The van der Waals surface area contributed by atoms with E-state index in [9.17, 15) is 0 Å². The lowest BCUT2D eigenvalue weighted by atomic mass is 10.3. The molecule has 2 aromatic heterocycles. The fourth-order valence-corrected chi connectivity index (χ4v) is 1.91. The Bertz CT molecular complexity index is 538. The Morgan fingerprint density at radius 1 is 1.20 bits per heavy atom. The van der Waals surface area contributed by atoms with Crippen LogP contribution in [-0.4, -0.2) is 9.36 Å². The Balaban J connectivity index is 1.98. The second kappa shape index (κ2) is 3.40. The first kappa shape index (κ1) is 8.49. The molecule has 0 unspecified atom stereocenters. The second-order valence-electron chi connectivity index (χ2n) is 3.16. The fourth-order valence-electron chi connectivity index (χ4n) is 1.47. The first-order valence-corrected chi connectivity index (χ1v) is 5.41. The standard InChI is InChI=1S/C11H8N2OS/c1-2-4-9-8(3-1)7-11(12-9)14-10-5-6-15-13-10/h1-7,12H. The smallest absolute Gasteiger partial charge is 0.232 e. The number of nitrogens with zero attached hydrogens (tertiary/aromatic N) is 1. The van der Waals surface area contributed by atoms with Gasteiger partial charge in [-0.25, -0.2) is 0 Å². The number of hydrogen-bond acceptors (Lipinski definition) is 3. The number of para-hydroxylation sites is 1. The zero-order chi connectivity index (χ0) is 10.1. The maximum absolute atomic E-state index is 5.55. The first-order chi connectivity index (χ1) is 7.42. The molecule has 0 amide bonds. The van der Waals surface area contributed by atoms with Crippen LogP contribution in [0.25, 0.3) is 10.9 Å². The van der Waals surface area contributed by atoms with Gasteiger partial charge in [-0.3, -0.25) is 0 Å². The molecule has 0 bridgehead atoms. The zero-order valence-electron chi connectivity index (χ0n) is 7.81. The molecule has 2 heterocycles. The Morgan fingerprint density at radius 2 is 2.13 bits per heavy atom. The quantitative estimate of drug-likeness (QED) is 0.712. The van der Waals surface area contributed by atoms with E-state index < -0.39 is 0 Å². The molecule has 1 N–H and O–H groups in total. The molecule has 3 rings (SSSR count). The zero-order valence-corrected chi connectivity index (χ0v) is 8.62. The number of H-pyrrole nitrogens is 1. The minimum absolute atomic E-state index is 0.631. The summed E-state index contributed by atoms with van der Waals surface area (Å²) in [7, 11) is 0. The molecule has 0 saturated carbocycles. The van der Waals surface area contributed by atoms with Gasteiger partial charge in [0.1, 0.15) is 0 Å². The van der Waals surface area contributed by atoms with Gasteiger partial charge in [-0.1, -0.05) is 18.2 Å². The summed E-state index contributed by atoms with van der Waals surface area (Å²) >= 11 is 1.38. The first-order valence-electron chi connectivity index (χ1n) is 4.58. The average molecular weight is 216 g/mol. The maximum atomic E-state index is 5.55. The summed E-state index contributed by atoms with van der Waals surface area (Å²) in [5, 5.41) is 3.03. The van der Waals surface area contributed by atoms with Crippen LogP contribution >= 0.6 is 11.5 Å². The number of benzene rings is 1. The van der Waals surface area contributed by atoms with Crippen molar-refractivity contribution in [3.63, 3.8) is 0 Å². The van der Waals surface area contributed by atoms with Gasteiger partial charge in [-0.05, 0) is 17.6 Å². The van der Waals surface area contributed by atoms with Crippen molar-refractivity contribution in [1.29, 1.82) is 0 Å². The molecule has 0 aliphatic carbocycles. The maximum Gasteiger partial charge on any atom is 0.232 e. The molecule has 0 fully saturated rings. The van der Waals surface area contributed by atoms with Gasteiger partial charge in [-0.15, -0.1) is 0 Å². The van der Waals surface area contributed by atoms with Crippen molar-refractivity contribution in [2.24, 2.45) is 0 Å². The fraction of sp³-hybridized carbons (Fsp3) is 0. The van der Waals surface area contributed by atoms with Gasteiger partial charge in [-0.2, -0.15) is 4.37 Å². The van der Waals surface area contributed by atoms with E-state index in [1.165, 1.54) is 11.5 Å². The molecule has 3 aromatic rings. The molecule has 0 aliphatic rings. The highest BCUT2D eigenvalue weighted by Crippen LogP contribution is 2.24. The number of aromatic amines is 1. The van der Waals surface area contributed by atoms with E-state index in [4.69, 9.17) is 4.74 Å². The molecular weight excluding hydrogens is 208 g/mol. The minimum atomic E-state index is 0.631. The van der Waals surface area contributed by atoms with Crippen molar-refractivity contribution >= 4 is 22.4 Å². The Kier molecular flexibility index (Phi) is 1.93. The monoisotopic (exact) mass is 216 g/mol. The lowest BCUT2D eigenvalue weighted by molar-refractivity contribution is 0.454. The molecule has 3 nitrogen and oxygen atoms in total. The van der Waals surface area contributed by atoms with E-state index in [2.05, 4.69) is 9.36 Å². The molecule has 0 aliphatic heterocycles. The van der Waals surface area contributed by atoms with E-state index in [-0.39, 0.29) is 0 Å². The number of hydrogen-bond donors (Lipinski definition) is 1. The molecular formula is C11H8N2OS. The van der Waals surface area contributed by atoms with Gasteiger partial charge in [0, 0.05) is 28.4 Å². The van der Waals surface area contributed by atoms with Crippen LogP contribution in [0.1, 0.15) is 0 Å². The largest absolute Gasteiger partial charge is 0.422 e. The van der Waals surface area contributed by atoms with Crippen LogP contribution in [0.15, 0.2) is 41.8 Å². The summed E-state index contributed by atoms with van der Waals surface area (Å²) in [6, 6.07) is 11.9. The highest BCUT2D eigenvalue weighted by molar-refractivity contribution is 7.03. The van der Waals surface area contributed by atoms with Gasteiger partial charge in [0.15, 0.2) is 0 Å². The molecule has 15 heavy (non-hydrogen) atoms. The topological polar surface area (TPSA) is 37.9 Å².